The molecule has 2 rings (SSSR count). The molecule has 0 fully saturated rings. The van der Waals surface area contributed by atoms with E-state index in [-0.39, 0.29) is 17.5 Å². The summed E-state index contributed by atoms with van der Waals surface area (Å²) in [6.45, 7) is 2.01. The van der Waals surface area contributed by atoms with Gasteiger partial charge in [0.15, 0.2) is 0 Å². The highest BCUT2D eigenvalue weighted by Gasteiger charge is 2.10. The van der Waals surface area contributed by atoms with Gasteiger partial charge >= 0.3 is 5.97 Å². The van der Waals surface area contributed by atoms with Gasteiger partial charge in [-0.05, 0) is 19.1 Å². The first-order chi connectivity index (χ1) is 9.20. The van der Waals surface area contributed by atoms with Crippen molar-refractivity contribution in [2.45, 2.75) is 13.3 Å². The smallest absolute Gasteiger partial charge is 0.312 e. The first-order valence-electron chi connectivity index (χ1n) is 6.00. The summed E-state index contributed by atoms with van der Waals surface area (Å²) in [6, 6.07) is 10.8. The van der Waals surface area contributed by atoms with Gasteiger partial charge in [0.05, 0.1) is 18.7 Å². The second-order valence-electron chi connectivity index (χ2n) is 3.89. The van der Waals surface area contributed by atoms with Crippen LogP contribution >= 0.6 is 0 Å². The van der Waals surface area contributed by atoms with Crippen molar-refractivity contribution in [1.29, 1.82) is 0 Å². The summed E-state index contributed by atoms with van der Waals surface area (Å²) in [5, 5.41) is 4.17. The molecule has 0 saturated heterocycles. The summed E-state index contributed by atoms with van der Waals surface area (Å²) in [5.74, 6) is -0.446. The first kappa shape index (κ1) is 13.0. The van der Waals surface area contributed by atoms with Crippen molar-refractivity contribution in [1.82, 2.24) is 9.78 Å². The molecule has 98 valence electrons. The summed E-state index contributed by atoms with van der Waals surface area (Å²) in [5.41, 5.74) is 0.748. The number of hydrogen-bond acceptors (Lipinski definition) is 4. The zero-order valence-electron chi connectivity index (χ0n) is 10.6. The third kappa shape index (κ3) is 3.28. The fourth-order valence-corrected chi connectivity index (χ4v) is 1.64. The van der Waals surface area contributed by atoms with E-state index in [9.17, 15) is 9.59 Å². The SMILES string of the molecule is CCOC(=O)Cc1nn(-c2ccccc2)ccc1=O. The third-order valence-electron chi connectivity index (χ3n) is 2.52. The van der Waals surface area contributed by atoms with Crippen LogP contribution in [0.1, 0.15) is 12.6 Å². The molecule has 1 aromatic heterocycles. The summed E-state index contributed by atoms with van der Waals surface area (Å²) >= 11 is 0. The normalized spacial score (nSPS) is 10.2. The second kappa shape index (κ2) is 5.95. The highest BCUT2D eigenvalue weighted by molar-refractivity contribution is 5.71. The van der Waals surface area contributed by atoms with Crippen LogP contribution < -0.4 is 5.43 Å². The molecule has 1 heterocycles. The predicted octanol–water partition coefficient (Wildman–Crippen LogP) is 1.34. The van der Waals surface area contributed by atoms with Crippen LogP contribution in [0.25, 0.3) is 5.69 Å². The number of rotatable bonds is 4. The van der Waals surface area contributed by atoms with Crippen LogP contribution in [0.4, 0.5) is 0 Å². The Hall–Kier alpha value is -2.43. The Morgan fingerprint density at radius 1 is 1.26 bits per heavy atom. The molecule has 5 nitrogen and oxygen atoms in total. The molecule has 0 spiro atoms. The van der Waals surface area contributed by atoms with Crippen LogP contribution in [0.15, 0.2) is 47.4 Å². The molecule has 2 aromatic rings. The van der Waals surface area contributed by atoms with Crippen LogP contribution in [-0.2, 0) is 16.0 Å². The molecule has 5 heteroatoms. The molecule has 0 aliphatic rings. The fourth-order valence-electron chi connectivity index (χ4n) is 1.64. The van der Waals surface area contributed by atoms with Crippen molar-refractivity contribution in [3.63, 3.8) is 0 Å². The van der Waals surface area contributed by atoms with Crippen LogP contribution in [0, 0.1) is 0 Å². The van der Waals surface area contributed by atoms with Gasteiger partial charge in [0.2, 0.25) is 5.43 Å². The average molecular weight is 258 g/mol. The summed E-state index contributed by atoms with van der Waals surface area (Å²) in [7, 11) is 0. The predicted molar refractivity (Wildman–Crippen MR) is 70.2 cm³/mol. The van der Waals surface area contributed by atoms with Crippen molar-refractivity contribution >= 4 is 5.97 Å². The minimum Gasteiger partial charge on any atom is -0.466 e. The Kier molecular flexibility index (Phi) is 4.07. The zero-order chi connectivity index (χ0) is 13.7. The Morgan fingerprint density at radius 2 is 2.00 bits per heavy atom. The second-order valence-corrected chi connectivity index (χ2v) is 3.89. The first-order valence-corrected chi connectivity index (χ1v) is 6.00. The highest BCUT2D eigenvalue weighted by atomic mass is 16.5. The monoisotopic (exact) mass is 258 g/mol. The zero-order valence-corrected chi connectivity index (χ0v) is 10.6. The Morgan fingerprint density at radius 3 is 2.68 bits per heavy atom. The van der Waals surface area contributed by atoms with Gasteiger partial charge in [-0.3, -0.25) is 9.59 Å². The maximum absolute atomic E-state index is 11.7. The minimum atomic E-state index is -0.446. The molecular weight excluding hydrogens is 244 g/mol. The molecule has 0 N–H and O–H groups in total. The lowest BCUT2D eigenvalue weighted by molar-refractivity contribution is -0.142. The van der Waals surface area contributed by atoms with Crippen molar-refractivity contribution in [3.05, 3.63) is 58.5 Å². The molecular formula is C14H14N2O3. The number of ether oxygens (including phenoxy) is 1. The van der Waals surface area contributed by atoms with Crippen LogP contribution in [0.2, 0.25) is 0 Å². The topological polar surface area (TPSA) is 61.2 Å². The van der Waals surface area contributed by atoms with Gasteiger partial charge in [-0.15, -0.1) is 0 Å². The maximum atomic E-state index is 11.7. The molecule has 0 aliphatic heterocycles. The van der Waals surface area contributed by atoms with Gasteiger partial charge in [0, 0.05) is 12.3 Å². The van der Waals surface area contributed by atoms with E-state index in [4.69, 9.17) is 4.74 Å². The fraction of sp³-hybridized carbons (Fsp3) is 0.214. The van der Waals surface area contributed by atoms with Gasteiger partial charge in [-0.2, -0.15) is 5.10 Å². The van der Waals surface area contributed by atoms with E-state index in [1.165, 1.54) is 6.07 Å². The summed E-state index contributed by atoms with van der Waals surface area (Å²) in [6.07, 6.45) is 1.46. The molecule has 0 unspecified atom stereocenters. The average Bonchev–Trinajstić information content (AvgIpc) is 2.42. The Balaban J connectivity index is 2.30. The van der Waals surface area contributed by atoms with E-state index in [1.807, 2.05) is 30.3 Å². The molecule has 0 amide bonds. The highest BCUT2D eigenvalue weighted by Crippen LogP contribution is 2.04. The van der Waals surface area contributed by atoms with E-state index in [1.54, 1.807) is 17.8 Å². The van der Waals surface area contributed by atoms with Crippen molar-refractivity contribution in [2.24, 2.45) is 0 Å². The van der Waals surface area contributed by atoms with Gasteiger partial charge in [0.1, 0.15) is 5.69 Å². The van der Waals surface area contributed by atoms with E-state index >= 15 is 0 Å². The standard InChI is InChI=1S/C14H14N2O3/c1-2-19-14(18)10-12-13(17)8-9-16(15-12)11-6-4-3-5-7-11/h3-9H,2,10H2,1H3. The van der Waals surface area contributed by atoms with Crippen LogP contribution in [0.5, 0.6) is 0 Å². The van der Waals surface area contributed by atoms with Crippen molar-refractivity contribution in [2.75, 3.05) is 6.61 Å². The number of aromatic nitrogens is 2. The number of para-hydroxylation sites is 1. The van der Waals surface area contributed by atoms with E-state index in [0.717, 1.165) is 5.69 Å². The molecule has 19 heavy (non-hydrogen) atoms. The number of hydrogen-bond donors (Lipinski definition) is 0. The molecule has 0 aliphatic carbocycles. The van der Waals surface area contributed by atoms with Crippen LogP contribution in [0.3, 0.4) is 0 Å². The number of carbonyl (C=O) groups excluding carboxylic acids is 1. The maximum Gasteiger partial charge on any atom is 0.312 e. The number of nitrogens with zero attached hydrogens (tertiary/aromatic N) is 2. The lowest BCUT2D eigenvalue weighted by Gasteiger charge is -2.06. The van der Waals surface area contributed by atoms with Gasteiger partial charge in [-0.1, -0.05) is 18.2 Å². The van der Waals surface area contributed by atoms with E-state index < -0.39 is 5.97 Å². The largest absolute Gasteiger partial charge is 0.466 e. The quantitative estimate of drug-likeness (QED) is 0.776. The Labute approximate surface area is 110 Å². The third-order valence-corrected chi connectivity index (χ3v) is 2.52. The van der Waals surface area contributed by atoms with Crippen molar-refractivity contribution in [3.8, 4) is 5.69 Å². The summed E-state index contributed by atoms with van der Waals surface area (Å²) in [4.78, 5) is 23.1. The number of esters is 1. The molecule has 0 saturated carbocycles. The number of carbonyl (C=O) groups is 1. The Bertz CT molecular complexity index is 620. The van der Waals surface area contributed by atoms with Gasteiger partial charge in [0.25, 0.3) is 0 Å². The van der Waals surface area contributed by atoms with E-state index in [0.29, 0.717) is 6.61 Å². The lowest BCUT2D eigenvalue weighted by Crippen LogP contribution is -2.20. The van der Waals surface area contributed by atoms with Gasteiger partial charge in [-0.25, -0.2) is 4.68 Å². The molecule has 0 atom stereocenters. The molecule has 0 radical (unpaired) electrons. The molecule has 0 bridgehead atoms. The van der Waals surface area contributed by atoms with Crippen LogP contribution in [-0.4, -0.2) is 22.4 Å². The van der Waals surface area contributed by atoms with Gasteiger partial charge < -0.3 is 4.74 Å². The minimum absolute atomic E-state index is 0.111. The van der Waals surface area contributed by atoms with E-state index in [2.05, 4.69) is 5.10 Å². The lowest BCUT2D eigenvalue weighted by atomic mass is 10.3. The molecule has 1 aromatic carbocycles. The van der Waals surface area contributed by atoms with Crippen molar-refractivity contribution < 1.29 is 9.53 Å². The summed E-state index contributed by atoms with van der Waals surface area (Å²) < 4.78 is 6.38. The number of benzene rings is 1.